The molecule has 0 fully saturated rings. The van der Waals surface area contributed by atoms with Crippen LogP contribution in [0.4, 0.5) is 4.79 Å². The molecule has 0 aromatic heterocycles. The zero-order valence-corrected chi connectivity index (χ0v) is 14.4. The Kier molecular flexibility index (Phi) is 7.62. The standard InChI is InChI=1S/C17H23ClN2O3/c1-17(2,3)23-16(22)20-19-15(21)14(10-7-11-18)12-13-8-5-4-6-9-13/h4-6,8-9,12H,7,10-11H2,1-3H3,(H,19,21)(H,20,22). The molecule has 0 heterocycles. The average molecular weight is 339 g/mol. The van der Waals surface area contributed by atoms with Crippen LogP contribution in [-0.2, 0) is 9.53 Å². The van der Waals surface area contributed by atoms with E-state index in [0.29, 0.717) is 24.3 Å². The summed E-state index contributed by atoms with van der Waals surface area (Å²) in [6, 6.07) is 9.48. The van der Waals surface area contributed by atoms with Gasteiger partial charge in [0.05, 0.1) is 0 Å². The van der Waals surface area contributed by atoms with E-state index in [-0.39, 0.29) is 5.91 Å². The molecule has 0 aliphatic carbocycles. The van der Waals surface area contributed by atoms with Crippen molar-refractivity contribution < 1.29 is 14.3 Å². The van der Waals surface area contributed by atoms with E-state index in [9.17, 15) is 9.59 Å². The highest BCUT2D eigenvalue weighted by Gasteiger charge is 2.17. The first-order valence-electron chi connectivity index (χ1n) is 7.43. The quantitative estimate of drug-likeness (QED) is 0.489. The normalized spacial score (nSPS) is 11.7. The molecule has 126 valence electrons. The van der Waals surface area contributed by atoms with Gasteiger partial charge in [-0.2, -0.15) is 0 Å². The summed E-state index contributed by atoms with van der Waals surface area (Å²) in [6.07, 6.45) is 2.25. The molecule has 0 aliphatic rings. The van der Waals surface area contributed by atoms with E-state index >= 15 is 0 Å². The van der Waals surface area contributed by atoms with Crippen LogP contribution in [0.5, 0.6) is 0 Å². The van der Waals surface area contributed by atoms with Gasteiger partial charge in [0.25, 0.3) is 5.91 Å². The molecule has 1 rings (SSSR count). The molecule has 0 unspecified atom stereocenters. The van der Waals surface area contributed by atoms with Crippen LogP contribution in [0, 0.1) is 0 Å². The van der Waals surface area contributed by atoms with Crippen molar-refractivity contribution in [3.8, 4) is 0 Å². The Labute approximate surface area is 142 Å². The van der Waals surface area contributed by atoms with E-state index in [1.807, 2.05) is 30.3 Å². The Morgan fingerprint density at radius 2 is 1.83 bits per heavy atom. The summed E-state index contributed by atoms with van der Waals surface area (Å²) in [7, 11) is 0. The monoisotopic (exact) mass is 338 g/mol. The molecule has 5 nitrogen and oxygen atoms in total. The number of benzene rings is 1. The molecule has 2 N–H and O–H groups in total. The molecule has 0 spiro atoms. The minimum Gasteiger partial charge on any atom is -0.443 e. The molecule has 23 heavy (non-hydrogen) atoms. The zero-order valence-electron chi connectivity index (χ0n) is 13.7. The Hall–Kier alpha value is -2.01. The molecule has 6 heteroatoms. The van der Waals surface area contributed by atoms with E-state index in [2.05, 4.69) is 10.9 Å². The third-order valence-corrected chi connectivity index (χ3v) is 2.96. The molecule has 0 atom stereocenters. The SMILES string of the molecule is CC(C)(C)OC(=O)NNC(=O)C(=Cc1ccccc1)CCCCl. The van der Waals surface area contributed by atoms with Gasteiger partial charge in [-0.05, 0) is 45.3 Å². The smallest absolute Gasteiger partial charge is 0.426 e. The first-order valence-corrected chi connectivity index (χ1v) is 7.96. The number of hydrogen-bond acceptors (Lipinski definition) is 3. The number of halogens is 1. The Balaban J connectivity index is 2.69. The van der Waals surface area contributed by atoms with Crippen molar-refractivity contribution in [2.24, 2.45) is 0 Å². The Morgan fingerprint density at radius 3 is 2.39 bits per heavy atom. The summed E-state index contributed by atoms with van der Waals surface area (Å²) in [4.78, 5) is 23.8. The molecule has 1 aromatic rings. The number of alkyl halides is 1. The molecule has 1 aromatic carbocycles. The second kappa shape index (κ2) is 9.20. The van der Waals surface area contributed by atoms with E-state index in [0.717, 1.165) is 5.56 Å². The van der Waals surface area contributed by atoms with Gasteiger partial charge in [0, 0.05) is 11.5 Å². The number of carbonyl (C=O) groups excluding carboxylic acids is 2. The van der Waals surface area contributed by atoms with Crippen LogP contribution < -0.4 is 10.9 Å². The number of hydrazine groups is 1. The summed E-state index contributed by atoms with van der Waals surface area (Å²) in [6.45, 7) is 5.24. The molecule has 0 bridgehead atoms. The van der Waals surface area contributed by atoms with Crippen LogP contribution in [0.25, 0.3) is 6.08 Å². The summed E-state index contributed by atoms with van der Waals surface area (Å²) in [5.74, 6) is 0.0728. The number of amides is 2. The third kappa shape index (κ3) is 8.26. The average Bonchev–Trinajstić information content (AvgIpc) is 2.48. The van der Waals surface area contributed by atoms with Crippen molar-refractivity contribution in [1.82, 2.24) is 10.9 Å². The summed E-state index contributed by atoms with van der Waals surface area (Å²) in [5, 5.41) is 0. The lowest BCUT2D eigenvalue weighted by Gasteiger charge is -2.20. The van der Waals surface area contributed by atoms with Gasteiger partial charge < -0.3 is 4.74 Å². The highest BCUT2D eigenvalue weighted by molar-refractivity contribution is 6.17. The molecular formula is C17H23ClN2O3. The lowest BCUT2D eigenvalue weighted by atomic mass is 10.1. The second-order valence-corrected chi connectivity index (χ2v) is 6.33. The van der Waals surface area contributed by atoms with E-state index in [1.54, 1.807) is 26.8 Å². The topological polar surface area (TPSA) is 67.4 Å². The van der Waals surface area contributed by atoms with E-state index < -0.39 is 11.7 Å². The summed E-state index contributed by atoms with van der Waals surface area (Å²) in [5.41, 5.74) is 5.42. The summed E-state index contributed by atoms with van der Waals surface area (Å²) >= 11 is 5.70. The maximum absolute atomic E-state index is 12.2. The fourth-order valence-corrected chi connectivity index (χ4v) is 1.88. The maximum Gasteiger partial charge on any atom is 0.426 e. The maximum atomic E-state index is 12.2. The van der Waals surface area contributed by atoms with Gasteiger partial charge in [0.1, 0.15) is 5.60 Å². The number of nitrogens with one attached hydrogen (secondary N) is 2. The van der Waals surface area contributed by atoms with Gasteiger partial charge in [-0.15, -0.1) is 11.6 Å². The highest BCUT2D eigenvalue weighted by atomic mass is 35.5. The molecule has 0 radical (unpaired) electrons. The van der Waals surface area contributed by atoms with Gasteiger partial charge in [0.2, 0.25) is 0 Å². The van der Waals surface area contributed by atoms with Crippen LogP contribution >= 0.6 is 11.6 Å². The largest absolute Gasteiger partial charge is 0.443 e. The number of carbonyl (C=O) groups is 2. The molecule has 0 saturated heterocycles. The predicted molar refractivity (Wildman–Crippen MR) is 91.9 cm³/mol. The minimum absolute atomic E-state index is 0.384. The lowest BCUT2D eigenvalue weighted by molar-refractivity contribution is -0.118. The van der Waals surface area contributed by atoms with Crippen molar-refractivity contribution in [2.75, 3.05) is 5.88 Å². The Bertz CT molecular complexity index is 551. The van der Waals surface area contributed by atoms with Crippen LogP contribution in [0.3, 0.4) is 0 Å². The van der Waals surface area contributed by atoms with Gasteiger partial charge in [0.15, 0.2) is 0 Å². The van der Waals surface area contributed by atoms with Gasteiger partial charge in [-0.25, -0.2) is 10.2 Å². The summed E-state index contributed by atoms with van der Waals surface area (Å²) < 4.78 is 5.06. The fraction of sp³-hybridized carbons (Fsp3) is 0.412. The van der Waals surface area contributed by atoms with Crippen LogP contribution in [0.1, 0.15) is 39.2 Å². The Morgan fingerprint density at radius 1 is 1.17 bits per heavy atom. The van der Waals surface area contributed by atoms with Crippen molar-refractivity contribution in [3.63, 3.8) is 0 Å². The van der Waals surface area contributed by atoms with Gasteiger partial charge in [-0.1, -0.05) is 30.3 Å². The molecule has 0 aliphatic heterocycles. The van der Waals surface area contributed by atoms with E-state index in [1.165, 1.54) is 0 Å². The van der Waals surface area contributed by atoms with Crippen molar-refractivity contribution in [2.45, 2.75) is 39.2 Å². The number of ether oxygens (including phenoxy) is 1. The first kappa shape index (κ1) is 19.0. The lowest BCUT2D eigenvalue weighted by Crippen LogP contribution is -2.44. The van der Waals surface area contributed by atoms with Crippen LogP contribution in [0.15, 0.2) is 35.9 Å². The molecular weight excluding hydrogens is 316 g/mol. The van der Waals surface area contributed by atoms with Crippen molar-refractivity contribution >= 4 is 29.7 Å². The van der Waals surface area contributed by atoms with Crippen LogP contribution in [-0.4, -0.2) is 23.5 Å². The minimum atomic E-state index is -0.706. The fourth-order valence-electron chi connectivity index (χ4n) is 1.75. The molecule has 0 saturated carbocycles. The van der Waals surface area contributed by atoms with Crippen molar-refractivity contribution in [3.05, 3.63) is 41.5 Å². The predicted octanol–water partition coefficient (Wildman–Crippen LogP) is 3.64. The number of hydrogen-bond donors (Lipinski definition) is 2. The highest BCUT2D eigenvalue weighted by Crippen LogP contribution is 2.12. The molecule has 2 amide bonds. The number of rotatable bonds is 5. The first-order chi connectivity index (χ1) is 10.8. The third-order valence-electron chi connectivity index (χ3n) is 2.69. The second-order valence-electron chi connectivity index (χ2n) is 5.95. The van der Waals surface area contributed by atoms with E-state index in [4.69, 9.17) is 16.3 Å². The van der Waals surface area contributed by atoms with Crippen molar-refractivity contribution in [1.29, 1.82) is 0 Å². The van der Waals surface area contributed by atoms with Gasteiger partial charge >= 0.3 is 6.09 Å². The zero-order chi connectivity index (χ0) is 17.3. The van der Waals surface area contributed by atoms with Crippen LogP contribution in [0.2, 0.25) is 0 Å². The van der Waals surface area contributed by atoms with Gasteiger partial charge in [-0.3, -0.25) is 10.2 Å².